The van der Waals surface area contributed by atoms with E-state index in [2.05, 4.69) is 9.97 Å². The van der Waals surface area contributed by atoms with Gasteiger partial charge in [-0.15, -0.1) is 0 Å². The van der Waals surface area contributed by atoms with Gasteiger partial charge in [0.25, 0.3) is 5.56 Å². The summed E-state index contributed by atoms with van der Waals surface area (Å²) in [5, 5.41) is 0. The first-order valence-corrected chi connectivity index (χ1v) is 6.52. The van der Waals surface area contributed by atoms with Gasteiger partial charge in [0.2, 0.25) is 5.88 Å². The van der Waals surface area contributed by atoms with Crippen LogP contribution in [0.4, 0.5) is 0 Å². The lowest BCUT2D eigenvalue weighted by Gasteiger charge is -2.12. The molecule has 0 saturated carbocycles. The molecule has 0 unspecified atom stereocenters. The predicted octanol–water partition coefficient (Wildman–Crippen LogP) is 2.10. The summed E-state index contributed by atoms with van der Waals surface area (Å²) in [5.74, 6) is 0.359. The molecule has 2 aromatic rings. The highest BCUT2D eigenvalue weighted by atomic mass is 16.5. The van der Waals surface area contributed by atoms with Gasteiger partial charge in [0.1, 0.15) is 12.0 Å². The van der Waals surface area contributed by atoms with E-state index in [0.29, 0.717) is 23.2 Å². The van der Waals surface area contributed by atoms with E-state index in [-0.39, 0.29) is 11.8 Å². The van der Waals surface area contributed by atoms with Gasteiger partial charge in [-0.1, -0.05) is 13.8 Å². The van der Waals surface area contributed by atoms with Gasteiger partial charge in [0.05, 0.1) is 5.56 Å². The molecule has 0 atom stereocenters. The van der Waals surface area contributed by atoms with Crippen molar-refractivity contribution in [1.29, 1.82) is 0 Å². The number of carbonyl (C=O) groups is 1. The van der Waals surface area contributed by atoms with Gasteiger partial charge >= 0.3 is 5.69 Å². The van der Waals surface area contributed by atoms with Crippen molar-refractivity contribution < 1.29 is 9.53 Å². The van der Waals surface area contributed by atoms with E-state index in [1.54, 1.807) is 18.2 Å². The minimum Gasteiger partial charge on any atom is -0.440 e. The van der Waals surface area contributed by atoms with Gasteiger partial charge in [0, 0.05) is 5.56 Å². The fraction of sp³-hybridized carbons (Fsp3) is 0.267. The van der Waals surface area contributed by atoms with Crippen LogP contribution < -0.4 is 16.0 Å². The molecule has 0 radical (unpaired) electrons. The Hall–Kier alpha value is -2.63. The number of aromatic amines is 2. The fourth-order valence-corrected chi connectivity index (χ4v) is 2.10. The standard InChI is InChI=1S/C15H16N2O4/c1-8(2)12-13(19)16-15(20)17-14(12)21-11-5-9(3)4-10(6-11)7-18/h4-8H,1-3H3,(H2,16,17,19,20). The van der Waals surface area contributed by atoms with E-state index < -0.39 is 11.2 Å². The molecule has 0 saturated heterocycles. The molecule has 1 heterocycles. The van der Waals surface area contributed by atoms with Gasteiger partial charge < -0.3 is 4.74 Å². The number of carbonyl (C=O) groups excluding carboxylic acids is 1. The second-order valence-electron chi connectivity index (χ2n) is 5.11. The average molecular weight is 288 g/mol. The highest BCUT2D eigenvalue weighted by Crippen LogP contribution is 2.26. The Balaban J connectivity index is 2.53. The molecular formula is C15H16N2O4. The molecule has 21 heavy (non-hydrogen) atoms. The second kappa shape index (κ2) is 5.78. The summed E-state index contributed by atoms with van der Waals surface area (Å²) in [6.07, 6.45) is 0.712. The summed E-state index contributed by atoms with van der Waals surface area (Å²) in [4.78, 5) is 38.8. The van der Waals surface area contributed by atoms with Crippen molar-refractivity contribution in [2.24, 2.45) is 0 Å². The first kappa shape index (κ1) is 14.8. The average Bonchev–Trinajstić information content (AvgIpc) is 2.36. The van der Waals surface area contributed by atoms with Crippen LogP contribution in [0.3, 0.4) is 0 Å². The van der Waals surface area contributed by atoms with Crippen LogP contribution >= 0.6 is 0 Å². The zero-order valence-corrected chi connectivity index (χ0v) is 12.0. The van der Waals surface area contributed by atoms with Crippen LogP contribution in [-0.4, -0.2) is 16.3 Å². The molecule has 6 nitrogen and oxygen atoms in total. The van der Waals surface area contributed by atoms with Crippen molar-refractivity contribution in [2.45, 2.75) is 26.7 Å². The van der Waals surface area contributed by atoms with Gasteiger partial charge in [-0.05, 0) is 36.6 Å². The molecular weight excluding hydrogens is 272 g/mol. The maximum atomic E-state index is 11.9. The molecule has 0 aliphatic carbocycles. The lowest BCUT2D eigenvalue weighted by molar-refractivity contribution is 0.112. The topological polar surface area (TPSA) is 92.0 Å². The quantitative estimate of drug-likeness (QED) is 0.843. The van der Waals surface area contributed by atoms with Gasteiger partial charge in [-0.2, -0.15) is 0 Å². The Morgan fingerprint density at radius 2 is 1.86 bits per heavy atom. The van der Waals surface area contributed by atoms with Crippen LogP contribution in [0, 0.1) is 6.92 Å². The Morgan fingerprint density at radius 3 is 2.48 bits per heavy atom. The monoisotopic (exact) mass is 288 g/mol. The van der Waals surface area contributed by atoms with Gasteiger partial charge in [0.15, 0.2) is 0 Å². The predicted molar refractivity (Wildman–Crippen MR) is 78.4 cm³/mol. The van der Waals surface area contributed by atoms with Crippen molar-refractivity contribution in [1.82, 2.24) is 9.97 Å². The fourth-order valence-electron chi connectivity index (χ4n) is 2.10. The van der Waals surface area contributed by atoms with E-state index in [9.17, 15) is 14.4 Å². The highest BCUT2D eigenvalue weighted by Gasteiger charge is 2.15. The third-order valence-corrected chi connectivity index (χ3v) is 2.95. The summed E-state index contributed by atoms with van der Waals surface area (Å²) >= 11 is 0. The number of aryl methyl sites for hydroxylation is 1. The number of aldehydes is 1. The maximum Gasteiger partial charge on any atom is 0.328 e. The summed E-state index contributed by atoms with van der Waals surface area (Å²) in [6.45, 7) is 5.47. The van der Waals surface area contributed by atoms with Crippen molar-refractivity contribution in [3.05, 3.63) is 55.7 Å². The molecule has 2 rings (SSSR count). The molecule has 0 bridgehead atoms. The molecule has 0 aliphatic rings. The minimum atomic E-state index is -0.636. The summed E-state index contributed by atoms with van der Waals surface area (Å²) in [7, 11) is 0. The highest BCUT2D eigenvalue weighted by molar-refractivity contribution is 5.76. The zero-order chi connectivity index (χ0) is 15.6. The first-order chi connectivity index (χ1) is 9.90. The smallest absolute Gasteiger partial charge is 0.328 e. The Bertz CT molecular complexity index is 787. The Morgan fingerprint density at radius 1 is 1.14 bits per heavy atom. The SMILES string of the molecule is Cc1cc(C=O)cc(Oc2[nH]c(=O)[nH]c(=O)c2C(C)C)c1. The molecule has 2 N–H and O–H groups in total. The Labute approximate surface area is 120 Å². The molecule has 1 aromatic heterocycles. The largest absolute Gasteiger partial charge is 0.440 e. The van der Waals surface area contributed by atoms with Crippen LogP contribution in [0.15, 0.2) is 27.8 Å². The zero-order valence-electron chi connectivity index (χ0n) is 12.0. The van der Waals surface area contributed by atoms with E-state index in [4.69, 9.17) is 4.74 Å². The number of benzene rings is 1. The van der Waals surface area contributed by atoms with Gasteiger partial charge in [-0.3, -0.25) is 19.6 Å². The number of H-pyrrole nitrogens is 2. The normalized spacial score (nSPS) is 10.7. The number of aromatic nitrogens is 2. The van der Waals surface area contributed by atoms with Crippen LogP contribution in [-0.2, 0) is 0 Å². The lowest BCUT2D eigenvalue weighted by atomic mass is 10.1. The lowest BCUT2D eigenvalue weighted by Crippen LogP contribution is -2.26. The molecule has 0 aliphatic heterocycles. The van der Waals surface area contributed by atoms with Crippen molar-refractivity contribution in [3.63, 3.8) is 0 Å². The number of hydrogen-bond donors (Lipinski definition) is 2. The minimum absolute atomic E-state index is 0.0983. The van der Waals surface area contributed by atoms with E-state index in [0.717, 1.165) is 5.56 Å². The molecule has 1 aromatic carbocycles. The van der Waals surface area contributed by atoms with Gasteiger partial charge in [-0.25, -0.2) is 4.79 Å². The van der Waals surface area contributed by atoms with Crippen LogP contribution in [0.25, 0.3) is 0 Å². The third kappa shape index (κ3) is 3.28. The number of ether oxygens (including phenoxy) is 1. The van der Waals surface area contributed by atoms with Crippen LogP contribution in [0.1, 0.15) is 41.3 Å². The molecule has 0 spiro atoms. The molecule has 0 amide bonds. The number of rotatable bonds is 4. The third-order valence-electron chi connectivity index (χ3n) is 2.95. The van der Waals surface area contributed by atoms with Crippen LogP contribution in [0.2, 0.25) is 0 Å². The summed E-state index contributed by atoms with van der Waals surface area (Å²) < 4.78 is 5.62. The van der Waals surface area contributed by atoms with Crippen molar-refractivity contribution in [2.75, 3.05) is 0 Å². The second-order valence-corrected chi connectivity index (χ2v) is 5.11. The summed E-state index contributed by atoms with van der Waals surface area (Å²) in [6, 6.07) is 4.98. The number of hydrogen-bond acceptors (Lipinski definition) is 4. The molecule has 6 heteroatoms. The van der Waals surface area contributed by atoms with Crippen molar-refractivity contribution >= 4 is 6.29 Å². The van der Waals surface area contributed by atoms with E-state index in [1.165, 1.54) is 0 Å². The van der Waals surface area contributed by atoms with Crippen molar-refractivity contribution in [3.8, 4) is 11.6 Å². The van der Waals surface area contributed by atoms with Crippen LogP contribution in [0.5, 0.6) is 11.6 Å². The van der Waals surface area contributed by atoms with E-state index in [1.807, 2.05) is 20.8 Å². The number of nitrogens with one attached hydrogen (secondary N) is 2. The van der Waals surface area contributed by atoms with E-state index >= 15 is 0 Å². The molecule has 0 fully saturated rings. The first-order valence-electron chi connectivity index (χ1n) is 6.52. The maximum absolute atomic E-state index is 11.9. The Kier molecular flexibility index (Phi) is 4.07. The molecule has 110 valence electrons. The summed E-state index contributed by atoms with van der Waals surface area (Å²) in [5.41, 5.74) is 0.537.